The summed E-state index contributed by atoms with van der Waals surface area (Å²) in [6, 6.07) is 8.83. The monoisotopic (exact) mass is 384 g/mol. The second-order valence-electron chi connectivity index (χ2n) is 6.01. The van der Waals surface area contributed by atoms with E-state index in [1.807, 2.05) is 12.3 Å². The smallest absolute Gasteiger partial charge is 0.248 e. The van der Waals surface area contributed by atoms with Gasteiger partial charge in [-0.3, -0.25) is 9.48 Å². The first-order valence-electron chi connectivity index (χ1n) is 8.04. The van der Waals surface area contributed by atoms with Crippen molar-refractivity contribution in [3.05, 3.63) is 53.3 Å². The lowest BCUT2D eigenvalue weighted by Crippen LogP contribution is -2.55. The van der Waals surface area contributed by atoms with E-state index in [0.29, 0.717) is 23.4 Å². The van der Waals surface area contributed by atoms with Crippen LogP contribution in [0, 0.1) is 0 Å². The topological polar surface area (TPSA) is 79.2 Å². The Hall–Kier alpha value is -1.60. The molecular weight excluding hydrogens is 363 g/mol. The van der Waals surface area contributed by atoms with Crippen LogP contribution in [0.2, 0.25) is 5.02 Å². The van der Waals surface area contributed by atoms with Gasteiger partial charge < -0.3 is 15.7 Å². The van der Waals surface area contributed by atoms with Crippen molar-refractivity contribution in [2.45, 2.75) is 24.5 Å². The summed E-state index contributed by atoms with van der Waals surface area (Å²) >= 11 is 5.95. The van der Waals surface area contributed by atoms with Gasteiger partial charge in [-0.25, -0.2) is 0 Å². The maximum Gasteiger partial charge on any atom is 0.248 e. The van der Waals surface area contributed by atoms with Crippen molar-refractivity contribution in [3.8, 4) is 0 Å². The number of benzene rings is 1. The summed E-state index contributed by atoms with van der Waals surface area (Å²) in [6.45, 7) is 1.64. The van der Waals surface area contributed by atoms with Crippen molar-refractivity contribution in [2.75, 3.05) is 19.6 Å². The second-order valence-corrected chi connectivity index (χ2v) is 6.45. The minimum Gasteiger partial charge on any atom is -0.387 e. The first-order chi connectivity index (χ1) is 11.6. The Morgan fingerprint density at radius 2 is 2.16 bits per heavy atom. The average molecular weight is 385 g/mol. The Morgan fingerprint density at radius 3 is 2.80 bits per heavy atom. The third-order valence-corrected chi connectivity index (χ3v) is 4.72. The van der Waals surface area contributed by atoms with Crippen LogP contribution < -0.4 is 10.6 Å². The molecule has 1 aromatic carbocycles. The molecule has 0 bridgehead atoms. The number of aromatic nitrogens is 2. The summed E-state index contributed by atoms with van der Waals surface area (Å²) < 4.78 is 1.73. The average Bonchev–Trinajstić information content (AvgIpc) is 3.15. The van der Waals surface area contributed by atoms with E-state index in [0.717, 1.165) is 13.1 Å². The number of halogens is 2. The molecule has 8 heteroatoms. The molecule has 2 heterocycles. The fourth-order valence-electron chi connectivity index (χ4n) is 3.11. The van der Waals surface area contributed by atoms with E-state index < -0.39 is 11.6 Å². The van der Waals surface area contributed by atoms with Crippen molar-refractivity contribution >= 4 is 29.9 Å². The van der Waals surface area contributed by atoms with Crippen LogP contribution in [0.3, 0.4) is 0 Å². The Labute approximate surface area is 158 Å². The zero-order chi connectivity index (χ0) is 17.0. The molecule has 0 aliphatic carbocycles. The minimum atomic E-state index is -0.802. The standard InChI is InChI=1S/C17H21ClN4O2.ClH/c18-14-4-1-3-13(11-14)15(23)12-20-16(24)17(5-8-19-9-6-17)22-10-2-7-21-22;/h1-4,7,10-11,15,19,23H,5-6,8-9,12H2,(H,20,24);1H. The molecule has 0 spiro atoms. The Morgan fingerprint density at radius 1 is 1.40 bits per heavy atom. The molecule has 1 amide bonds. The molecule has 1 aliphatic heterocycles. The number of nitrogens with one attached hydrogen (secondary N) is 2. The van der Waals surface area contributed by atoms with Crippen molar-refractivity contribution < 1.29 is 9.90 Å². The highest BCUT2D eigenvalue weighted by atomic mass is 35.5. The Bertz CT molecular complexity index is 688. The highest BCUT2D eigenvalue weighted by Crippen LogP contribution is 2.27. The molecule has 0 radical (unpaired) electrons. The number of piperidine rings is 1. The van der Waals surface area contributed by atoms with Gasteiger partial charge in [-0.05, 0) is 49.7 Å². The van der Waals surface area contributed by atoms with Crippen molar-refractivity contribution in [1.82, 2.24) is 20.4 Å². The number of carbonyl (C=O) groups is 1. The maximum atomic E-state index is 12.9. The van der Waals surface area contributed by atoms with Gasteiger partial charge in [0, 0.05) is 24.0 Å². The molecule has 3 N–H and O–H groups in total. The molecule has 0 saturated carbocycles. The van der Waals surface area contributed by atoms with Crippen molar-refractivity contribution in [1.29, 1.82) is 0 Å². The predicted molar refractivity (Wildman–Crippen MR) is 99.0 cm³/mol. The third kappa shape index (κ3) is 4.33. The summed E-state index contributed by atoms with van der Waals surface area (Å²) in [4.78, 5) is 12.9. The number of carbonyl (C=O) groups excluding carboxylic acids is 1. The lowest BCUT2D eigenvalue weighted by atomic mass is 9.87. The van der Waals surface area contributed by atoms with Crippen molar-refractivity contribution in [2.24, 2.45) is 0 Å². The van der Waals surface area contributed by atoms with Gasteiger partial charge in [0.05, 0.1) is 6.10 Å². The summed E-state index contributed by atoms with van der Waals surface area (Å²) in [5.74, 6) is -0.117. The lowest BCUT2D eigenvalue weighted by Gasteiger charge is -2.36. The number of aliphatic hydroxyl groups is 1. The molecule has 3 rings (SSSR count). The molecular formula is C17H22Cl2N4O2. The molecule has 25 heavy (non-hydrogen) atoms. The quantitative estimate of drug-likeness (QED) is 0.735. The normalized spacial score (nSPS) is 17.4. The molecule has 6 nitrogen and oxygen atoms in total. The maximum absolute atomic E-state index is 12.9. The zero-order valence-electron chi connectivity index (χ0n) is 13.7. The predicted octanol–water partition coefficient (Wildman–Crippen LogP) is 1.89. The molecule has 2 aromatic rings. The van der Waals surface area contributed by atoms with Crippen LogP contribution in [0.1, 0.15) is 24.5 Å². The summed E-state index contributed by atoms with van der Waals surface area (Å²) in [6.07, 6.45) is 4.02. The zero-order valence-corrected chi connectivity index (χ0v) is 15.3. The second kappa shape index (κ2) is 8.67. The van der Waals surface area contributed by atoms with Gasteiger partial charge >= 0.3 is 0 Å². The fourth-order valence-corrected chi connectivity index (χ4v) is 3.31. The van der Waals surface area contributed by atoms with Gasteiger partial charge in [0.15, 0.2) is 0 Å². The van der Waals surface area contributed by atoms with Crippen LogP contribution in [0.25, 0.3) is 0 Å². The molecule has 1 atom stereocenters. The lowest BCUT2D eigenvalue weighted by molar-refractivity contribution is -0.132. The number of rotatable bonds is 5. The van der Waals surface area contributed by atoms with Gasteiger partial charge in [-0.1, -0.05) is 23.7 Å². The van der Waals surface area contributed by atoms with Crippen LogP contribution >= 0.6 is 24.0 Å². The van der Waals surface area contributed by atoms with Crippen molar-refractivity contribution in [3.63, 3.8) is 0 Å². The van der Waals surface area contributed by atoms with Gasteiger partial charge in [0.2, 0.25) is 5.91 Å². The van der Waals surface area contributed by atoms with E-state index in [4.69, 9.17) is 11.6 Å². The molecule has 1 aromatic heterocycles. The van der Waals surface area contributed by atoms with Crippen LogP contribution in [0.5, 0.6) is 0 Å². The van der Waals surface area contributed by atoms with E-state index in [-0.39, 0.29) is 24.9 Å². The highest BCUT2D eigenvalue weighted by Gasteiger charge is 2.41. The summed E-state index contributed by atoms with van der Waals surface area (Å²) in [5, 5.41) is 21.3. The summed E-state index contributed by atoms with van der Waals surface area (Å²) in [7, 11) is 0. The first-order valence-corrected chi connectivity index (χ1v) is 8.42. The Kier molecular flexibility index (Phi) is 6.84. The fraction of sp³-hybridized carbons (Fsp3) is 0.412. The first kappa shape index (κ1) is 19.7. The van der Waals surface area contributed by atoms with Crippen LogP contribution in [0.15, 0.2) is 42.7 Å². The number of aliphatic hydroxyl groups excluding tert-OH is 1. The molecule has 1 aliphatic rings. The van der Waals surface area contributed by atoms with Crippen LogP contribution in [0.4, 0.5) is 0 Å². The number of amides is 1. The largest absolute Gasteiger partial charge is 0.387 e. The molecule has 136 valence electrons. The Balaban J connectivity index is 0.00000225. The van der Waals surface area contributed by atoms with Gasteiger partial charge in [0.25, 0.3) is 0 Å². The van der Waals surface area contributed by atoms with E-state index in [9.17, 15) is 9.90 Å². The van der Waals surface area contributed by atoms with Crippen LogP contribution in [-0.4, -0.2) is 40.4 Å². The molecule has 1 saturated heterocycles. The van der Waals surface area contributed by atoms with Gasteiger partial charge in [-0.2, -0.15) is 5.10 Å². The van der Waals surface area contributed by atoms with Gasteiger partial charge in [0.1, 0.15) is 5.54 Å². The number of hydrogen-bond donors (Lipinski definition) is 3. The third-order valence-electron chi connectivity index (χ3n) is 4.49. The van der Waals surface area contributed by atoms with E-state index in [1.54, 1.807) is 35.1 Å². The highest BCUT2D eigenvalue weighted by molar-refractivity contribution is 6.30. The number of hydrogen-bond acceptors (Lipinski definition) is 4. The molecule has 1 fully saturated rings. The summed E-state index contributed by atoms with van der Waals surface area (Å²) in [5.41, 5.74) is -0.0238. The number of nitrogens with zero attached hydrogens (tertiary/aromatic N) is 2. The van der Waals surface area contributed by atoms with Crippen LogP contribution in [-0.2, 0) is 10.3 Å². The van der Waals surface area contributed by atoms with E-state index in [1.165, 1.54) is 0 Å². The molecule has 1 unspecified atom stereocenters. The van der Waals surface area contributed by atoms with E-state index in [2.05, 4.69) is 15.7 Å². The van der Waals surface area contributed by atoms with Gasteiger partial charge in [-0.15, -0.1) is 12.4 Å². The minimum absolute atomic E-state index is 0. The SMILES string of the molecule is Cl.O=C(NCC(O)c1cccc(Cl)c1)C1(n2cccn2)CCNCC1. The van der Waals surface area contributed by atoms with E-state index >= 15 is 0 Å².